The van der Waals surface area contributed by atoms with E-state index in [9.17, 15) is 0 Å². The number of aromatic amines is 1. The molecule has 0 spiro atoms. The summed E-state index contributed by atoms with van der Waals surface area (Å²) in [6.45, 7) is 0.935. The van der Waals surface area contributed by atoms with Crippen LogP contribution in [0, 0.1) is 4.77 Å². The van der Waals surface area contributed by atoms with Crippen molar-refractivity contribution in [2.24, 2.45) is 0 Å². The lowest BCUT2D eigenvalue weighted by Crippen LogP contribution is -2.17. The van der Waals surface area contributed by atoms with Crippen molar-refractivity contribution in [2.75, 3.05) is 5.75 Å². The SMILES string of the molecule is S=c1[nH]nc(-c2cccnc2)n1CC1CCCCS1. The normalized spacial score (nSPS) is 19.5. The maximum atomic E-state index is 5.36. The summed E-state index contributed by atoms with van der Waals surface area (Å²) in [6, 6.07) is 3.94. The number of pyridine rings is 1. The molecule has 4 nitrogen and oxygen atoms in total. The zero-order valence-corrected chi connectivity index (χ0v) is 12.2. The predicted molar refractivity (Wildman–Crippen MR) is 80.7 cm³/mol. The van der Waals surface area contributed by atoms with Gasteiger partial charge < -0.3 is 0 Å². The minimum atomic E-state index is 0.647. The highest BCUT2D eigenvalue weighted by molar-refractivity contribution is 7.99. The van der Waals surface area contributed by atoms with E-state index in [1.165, 1.54) is 25.0 Å². The van der Waals surface area contributed by atoms with Crippen molar-refractivity contribution < 1.29 is 0 Å². The third kappa shape index (κ3) is 2.90. The first-order valence-corrected chi connectivity index (χ1v) is 7.97. The summed E-state index contributed by atoms with van der Waals surface area (Å²) < 4.78 is 2.81. The molecule has 0 aliphatic carbocycles. The molecule has 2 aromatic heterocycles. The summed E-state index contributed by atoms with van der Waals surface area (Å²) in [4.78, 5) is 4.15. The fourth-order valence-corrected chi connectivity index (χ4v) is 3.86. The Labute approximate surface area is 121 Å². The van der Waals surface area contributed by atoms with Crippen LogP contribution in [0.3, 0.4) is 0 Å². The number of thioether (sulfide) groups is 1. The summed E-state index contributed by atoms with van der Waals surface area (Å²) in [5.41, 5.74) is 1.01. The first-order chi connectivity index (χ1) is 9.34. The number of nitrogens with one attached hydrogen (secondary N) is 1. The lowest BCUT2D eigenvalue weighted by atomic mass is 10.2. The van der Waals surface area contributed by atoms with Crippen LogP contribution < -0.4 is 0 Å². The number of hydrogen-bond donors (Lipinski definition) is 1. The average molecular weight is 292 g/mol. The number of aromatic nitrogens is 4. The molecule has 3 rings (SSSR count). The molecular formula is C13H16N4S2. The Bertz CT molecular complexity index is 584. The van der Waals surface area contributed by atoms with Crippen LogP contribution in [0.15, 0.2) is 24.5 Å². The second-order valence-corrected chi connectivity index (χ2v) is 6.49. The van der Waals surface area contributed by atoms with Gasteiger partial charge in [-0.05, 0) is 42.9 Å². The molecule has 0 amide bonds. The van der Waals surface area contributed by atoms with E-state index in [1.54, 1.807) is 6.20 Å². The monoisotopic (exact) mass is 292 g/mol. The van der Waals surface area contributed by atoms with Gasteiger partial charge in [0.1, 0.15) is 0 Å². The maximum Gasteiger partial charge on any atom is 0.195 e. The third-order valence-electron chi connectivity index (χ3n) is 3.34. The van der Waals surface area contributed by atoms with Gasteiger partial charge in [-0.25, -0.2) is 0 Å². The molecule has 1 unspecified atom stereocenters. The Kier molecular flexibility index (Phi) is 3.98. The van der Waals surface area contributed by atoms with E-state index in [-0.39, 0.29) is 0 Å². The van der Waals surface area contributed by atoms with E-state index in [0.717, 1.165) is 17.9 Å². The highest BCUT2D eigenvalue weighted by Crippen LogP contribution is 2.27. The highest BCUT2D eigenvalue weighted by atomic mass is 32.2. The fraction of sp³-hybridized carbons (Fsp3) is 0.462. The molecule has 1 saturated heterocycles. The van der Waals surface area contributed by atoms with Crippen LogP contribution in [0.25, 0.3) is 11.4 Å². The molecule has 0 radical (unpaired) electrons. The Morgan fingerprint density at radius 1 is 1.47 bits per heavy atom. The minimum absolute atomic E-state index is 0.647. The van der Waals surface area contributed by atoms with Gasteiger partial charge in [0.2, 0.25) is 0 Å². The molecule has 1 aliphatic heterocycles. The zero-order chi connectivity index (χ0) is 13.1. The molecule has 1 aliphatic rings. The standard InChI is InChI=1S/C13H16N4S2/c18-13-16-15-12(10-4-3-6-14-8-10)17(13)9-11-5-1-2-7-19-11/h3-4,6,8,11H,1-2,5,7,9H2,(H,16,18). The van der Waals surface area contributed by atoms with Crippen molar-refractivity contribution >= 4 is 24.0 Å². The van der Waals surface area contributed by atoms with Crippen molar-refractivity contribution in [1.29, 1.82) is 0 Å². The van der Waals surface area contributed by atoms with Gasteiger partial charge >= 0.3 is 0 Å². The number of hydrogen-bond acceptors (Lipinski definition) is 4. The lowest BCUT2D eigenvalue weighted by Gasteiger charge is -2.22. The molecule has 0 bridgehead atoms. The molecular weight excluding hydrogens is 276 g/mol. The summed E-state index contributed by atoms with van der Waals surface area (Å²) in [5, 5.41) is 7.90. The van der Waals surface area contributed by atoms with E-state index in [1.807, 2.05) is 30.1 Å². The van der Waals surface area contributed by atoms with Gasteiger partial charge in [0.25, 0.3) is 0 Å². The largest absolute Gasteiger partial charge is 0.299 e. The van der Waals surface area contributed by atoms with Crippen LogP contribution in [0.5, 0.6) is 0 Å². The van der Waals surface area contributed by atoms with E-state index in [4.69, 9.17) is 12.2 Å². The molecule has 2 aromatic rings. The van der Waals surface area contributed by atoms with Gasteiger partial charge in [0.15, 0.2) is 10.6 Å². The average Bonchev–Trinajstić information content (AvgIpc) is 2.82. The minimum Gasteiger partial charge on any atom is -0.299 e. The van der Waals surface area contributed by atoms with Crippen molar-refractivity contribution in [1.82, 2.24) is 19.7 Å². The smallest absolute Gasteiger partial charge is 0.195 e. The first kappa shape index (κ1) is 12.9. The van der Waals surface area contributed by atoms with Crippen molar-refractivity contribution in [2.45, 2.75) is 31.1 Å². The van der Waals surface area contributed by atoms with Crippen LogP contribution >= 0.6 is 24.0 Å². The summed E-state index contributed by atoms with van der Waals surface area (Å²) in [6.07, 6.45) is 7.53. The molecule has 3 heterocycles. The molecule has 1 N–H and O–H groups in total. The quantitative estimate of drug-likeness (QED) is 0.882. The Balaban J connectivity index is 1.88. The van der Waals surface area contributed by atoms with Crippen LogP contribution in [0.1, 0.15) is 19.3 Å². The van der Waals surface area contributed by atoms with Gasteiger partial charge in [-0.2, -0.15) is 16.9 Å². The predicted octanol–water partition coefficient (Wildman–Crippen LogP) is 3.29. The van der Waals surface area contributed by atoms with Crippen LogP contribution in [-0.2, 0) is 6.54 Å². The first-order valence-electron chi connectivity index (χ1n) is 6.52. The van der Waals surface area contributed by atoms with Gasteiger partial charge in [-0.15, -0.1) is 0 Å². The summed E-state index contributed by atoms with van der Waals surface area (Å²) in [7, 11) is 0. The third-order valence-corrected chi connectivity index (χ3v) is 5.03. The summed E-state index contributed by atoms with van der Waals surface area (Å²) in [5.74, 6) is 2.15. The number of H-pyrrole nitrogens is 1. The van der Waals surface area contributed by atoms with Crippen LogP contribution in [0.4, 0.5) is 0 Å². The zero-order valence-electron chi connectivity index (χ0n) is 10.6. The lowest BCUT2D eigenvalue weighted by molar-refractivity contribution is 0.581. The van der Waals surface area contributed by atoms with E-state index < -0.39 is 0 Å². The van der Waals surface area contributed by atoms with E-state index >= 15 is 0 Å². The summed E-state index contributed by atoms with van der Waals surface area (Å²) >= 11 is 7.41. The van der Waals surface area contributed by atoms with Gasteiger partial charge in [0, 0.05) is 29.8 Å². The maximum absolute atomic E-state index is 5.36. The second-order valence-electron chi connectivity index (χ2n) is 4.69. The molecule has 1 atom stereocenters. The molecule has 6 heteroatoms. The Hall–Kier alpha value is -1.14. The van der Waals surface area contributed by atoms with Crippen LogP contribution in [0.2, 0.25) is 0 Å². The highest BCUT2D eigenvalue weighted by Gasteiger charge is 2.17. The van der Waals surface area contributed by atoms with E-state index in [0.29, 0.717) is 10.0 Å². The van der Waals surface area contributed by atoms with Crippen LogP contribution in [-0.4, -0.2) is 30.8 Å². The topological polar surface area (TPSA) is 46.5 Å². The van der Waals surface area contributed by atoms with E-state index in [2.05, 4.69) is 19.7 Å². The molecule has 0 aromatic carbocycles. The second kappa shape index (κ2) is 5.88. The van der Waals surface area contributed by atoms with Crippen molar-refractivity contribution in [3.8, 4) is 11.4 Å². The molecule has 100 valence electrons. The Morgan fingerprint density at radius 3 is 3.16 bits per heavy atom. The van der Waals surface area contributed by atoms with Gasteiger partial charge in [-0.1, -0.05) is 6.42 Å². The van der Waals surface area contributed by atoms with Gasteiger partial charge in [-0.3, -0.25) is 14.6 Å². The van der Waals surface area contributed by atoms with Gasteiger partial charge in [0.05, 0.1) is 0 Å². The van der Waals surface area contributed by atoms with Crippen molar-refractivity contribution in [3.05, 3.63) is 29.3 Å². The molecule has 1 fully saturated rings. The molecule has 19 heavy (non-hydrogen) atoms. The fourth-order valence-electron chi connectivity index (χ4n) is 2.36. The number of rotatable bonds is 3. The molecule has 0 saturated carbocycles. The Morgan fingerprint density at radius 2 is 2.42 bits per heavy atom. The van der Waals surface area contributed by atoms with Crippen molar-refractivity contribution in [3.63, 3.8) is 0 Å². The number of nitrogens with zero attached hydrogens (tertiary/aromatic N) is 3.